The van der Waals surface area contributed by atoms with Gasteiger partial charge in [0.1, 0.15) is 6.54 Å². The van der Waals surface area contributed by atoms with Crippen LogP contribution in [0.25, 0.3) is 0 Å². The van der Waals surface area contributed by atoms with Crippen LogP contribution in [0, 0.1) is 5.92 Å². The predicted molar refractivity (Wildman–Crippen MR) is 72.2 cm³/mol. The summed E-state index contributed by atoms with van der Waals surface area (Å²) in [7, 11) is -3.15. The average molecular weight is 304 g/mol. The van der Waals surface area contributed by atoms with Gasteiger partial charge in [0, 0.05) is 19.1 Å². The normalized spacial score (nSPS) is 28.6. The highest BCUT2D eigenvalue weighted by molar-refractivity contribution is 7.91. The minimum absolute atomic E-state index is 0.0253. The molecule has 0 aromatic rings. The van der Waals surface area contributed by atoms with Crippen LogP contribution in [-0.4, -0.2) is 72.5 Å². The van der Waals surface area contributed by atoms with Crippen LogP contribution in [0.1, 0.15) is 19.8 Å². The molecule has 2 fully saturated rings. The molecule has 2 unspecified atom stereocenters. The molecular weight excluding hydrogens is 284 g/mol. The van der Waals surface area contributed by atoms with Crippen molar-refractivity contribution in [2.75, 3.05) is 31.1 Å². The lowest BCUT2D eigenvalue weighted by Gasteiger charge is -2.31. The molecule has 0 saturated carbocycles. The van der Waals surface area contributed by atoms with Gasteiger partial charge in [0.05, 0.1) is 11.5 Å². The molecule has 0 spiro atoms. The second kappa shape index (κ2) is 5.59. The molecule has 2 rings (SSSR count). The standard InChI is InChI=1S/C12H20N2O5S/c1-9-2-4-13(6-9)12(17)14(7-11(15)16)10-3-5-20(18,19)8-10/h9-10H,2-8H2,1H3,(H,15,16). The van der Waals surface area contributed by atoms with E-state index in [1.165, 1.54) is 4.90 Å². The molecule has 8 heteroatoms. The predicted octanol–water partition coefficient (Wildman–Crippen LogP) is 0.0219. The number of carbonyl (C=O) groups is 2. The fourth-order valence-electron chi connectivity index (χ4n) is 2.81. The molecular formula is C12H20N2O5S. The molecule has 2 saturated heterocycles. The van der Waals surface area contributed by atoms with E-state index >= 15 is 0 Å². The number of amides is 2. The van der Waals surface area contributed by atoms with E-state index in [1.807, 2.05) is 6.92 Å². The summed E-state index contributed by atoms with van der Waals surface area (Å²) in [4.78, 5) is 26.2. The number of urea groups is 1. The molecule has 7 nitrogen and oxygen atoms in total. The van der Waals surface area contributed by atoms with Crippen molar-refractivity contribution in [1.82, 2.24) is 9.80 Å². The van der Waals surface area contributed by atoms with Crippen LogP contribution in [0.2, 0.25) is 0 Å². The first-order valence-corrected chi connectivity index (χ1v) is 8.58. The number of hydrogen-bond acceptors (Lipinski definition) is 4. The zero-order valence-electron chi connectivity index (χ0n) is 11.5. The van der Waals surface area contributed by atoms with Gasteiger partial charge in [0.15, 0.2) is 9.84 Å². The van der Waals surface area contributed by atoms with Crippen molar-refractivity contribution < 1.29 is 23.1 Å². The maximum atomic E-state index is 12.4. The van der Waals surface area contributed by atoms with Gasteiger partial charge >= 0.3 is 12.0 Å². The lowest BCUT2D eigenvalue weighted by Crippen LogP contribution is -2.50. The maximum absolute atomic E-state index is 12.4. The van der Waals surface area contributed by atoms with Gasteiger partial charge in [-0.05, 0) is 18.8 Å². The molecule has 2 heterocycles. The number of carboxylic acids is 1. The number of rotatable bonds is 3. The van der Waals surface area contributed by atoms with Crippen molar-refractivity contribution in [3.63, 3.8) is 0 Å². The Morgan fingerprint density at radius 3 is 2.50 bits per heavy atom. The van der Waals surface area contributed by atoms with Crippen molar-refractivity contribution in [2.45, 2.75) is 25.8 Å². The molecule has 1 N–H and O–H groups in total. The number of likely N-dealkylation sites (tertiary alicyclic amines) is 1. The molecule has 0 radical (unpaired) electrons. The Morgan fingerprint density at radius 2 is 2.05 bits per heavy atom. The van der Waals surface area contributed by atoms with Crippen molar-refractivity contribution in [3.05, 3.63) is 0 Å². The average Bonchev–Trinajstić information content (AvgIpc) is 2.91. The van der Waals surface area contributed by atoms with Gasteiger partial charge in [0.25, 0.3) is 0 Å². The molecule has 2 atom stereocenters. The fourth-order valence-corrected chi connectivity index (χ4v) is 4.54. The Bertz CT molecular complexity index is 504. The maximum Gasteiger partial charge on any atom is 0.323 e. The van der Waals surface area contributed by atoms with Gasteiger partial charge < -0.3 is 14.9 Å². The Labute approximate surface area is 118 Å². The third kappa shape index (κ3) is 3.41. The summed E-state index contributed by atoms with van der Waals surface area (Å²) < 4.78 is 23.1. The number of carbonyl (C=O) groups excluding carboxylic acids is 1. The highest BCUT2D eigenvalue weighted by Crippen LogP contribution is 2.22. The summed E-state index contributed by atoms with van der Waals surface area (Å²) in [5.41, 5.74) is 0. The SMILES string of the molecule is CC1CCN(C(=O)N(CC(=O)O)C2CCS(=O)(=O)C2)C1. The molecule has 114 valence electrons. The fraction of sp³-hybridized carbons (Fsp3) is 0.833. The van der Waals surface area contributed by atoms with E-state index in [4.69, 9.17) is 5.11 Å². The smallest absolute Gasteiger partial charge is 0.323 e. The monoisotopic (exact) mass is 304 g/mol. The van der Waals surface area contributed by atoms with E-state index < -0.39 is 28.4 Å². The first kappa shape index (κ1) is 15.1. The van der Waals surface area contributed by atoms with Gasteiger partial charge in [-0.15, -0.1) is 0 Å². The van der Waals surface area contributed by atoms with Gasteiger partial charge in [-0.2, -0.15) is 0 Å². The van der Waals surface area contributed by atoms with E-state index in [-0.39, 0.29) is 17.5 Å². The zero-order chi connectivity index (χ0) is 14.9. The Morgan fingerprint density at radius 1 is 1.35 bits per heavy atom. The molecule has 20 heavy (non-hydrogen) atoms. The summed E-state index contributed by atoms with van der Waals surface area (Å²) in [5.74, 6) is -0.819. The summed E-state index contributed by atoms with van der Waals surface area (Å²) in [6.07, 6.45) is 1.22. The molecule has 2 aliphatic rings. The van der Waals surface area contributed by atoms with Crippen molar-refractivity contribution in [1.29, 1.82) is 0 Å². The summed E-state index contributed by atoms with van der Waals surface area (Å²) >= 11 is 0. The molecule has 0 aliphatic carbocycles. The lowest BCUT2D eigenvalue weighted by molar-refractivity contribution is -0.138. The van der Waals surface area contributed by atoms with Crippen molar-refractivity contribution >= 4 is 21.8 Å². The molecule has 0 bridgehead atoms. The number of hydrogen-bond donors (Lipinski definition) is 1. The Balaban J connectivity index is 2.11. The van der Waals surface area contributed by atoms with Crippen LogP contribution < -0.4 is 0 Å². The third-order valence-electron chi connectivity index (χ3n) is 3.89. The van der Waals surface area contributed by atoms with E-state index in [0.29, 0.717) is 25.4 Å². The minimum atomic E-state index is -3.15. The van der Waals surface area contributed by atoms with Crippen molar-refractivity contribution in [2.24, 2.45) is 5.92 Å². The van der Waals surface area contributed by atoms with Crippen LogP contribution in [0.15, 0.2) is 0 Å². The molecule has 0 aromatic carbocycles. The van der Waals surface area contributed by atoms with Crippen LogP contribution in [0.5, 0.6) is 0 Å². The first-order chi connectivity index (χ1) is 9.28. The van der Waals surface area contributed by atoms with Crippen LogP contribution >= 0.6 is 0 Å². The molecule has 2 aliphatic heterocycles. The zero-order valence-corrected chi connectivity index (χ0v) is 12.3. The van der Waals surface area contributed by atoms with Gasteiger partial charge in [-0.25, -0.2) is 13.2 Å². The highest BCUT2D eigenvalue weighted by Gasteiger charge is 2.38. The van der Waals surface area contributed by atoms with E-state index in [9.17, 15) is 18.0 Å². The van der Waals surface area contributed by atoms with E-state index in [0.717, 1.165) is 6.42 Å². The van der Waals surface area contributed by atoms with Gasteiger partial charge in [-0.1, -0.05) is 6.92 Å². The highest BCUT2D eigenvalue weighted by atomic mass is 32.2. The molecule has 0 aromatic heterocycles. The second-order valence-corrected chi connectivity index (χ2v) is 7.93. The van der Waals surface area contributed by atoms with Crippen molar-refractivity contribution in [3.8, 4) is 0 Å². The summed E-state index contributed by atoms with van der Waals surface area (Å²) in [6, 6.07) is -0.863. The summed E-state index contributed by atoms with van der Waals surface area (Å²) in [5, 5.41) is 8.96. The van der Waals surface area contributed by atoms with E-state index in [1.54, 1.807) is 4.90 Å². The second-order valence-electron chi connectivity index (χ2n) is 5.70. The van der Waals surface area contributed by atoms with Crippen LogP contribution in [-0.2, 0) is 14.6 Å². The number of nitrogens with zero attached hydrogens (tertiary/aromatic N) is 2. The van der Waals surface area contributed by atoms with Crippen LogP contribution in [0.3, 0.4) is 0 Å². The van der Waals surface area contributed by atoms with Crippen LogP contribution in [0.4, 0.5) is 4.79 Å². The van der Waals surface area contributed by atoms with E-state index in [2.05, 4.69) is 0 Å². The first-order valence-electron chi connectivity index (χ1n) is 6.76. The summed E-state index contributed by atoms with van der Waals surface area (Å²) in [6.45, 7) is 2.81. The largest absolute Gasteiger partial charge is 0.480 e. The lowest BCUT2D eigenvalue weighted by atomic mass is 10.2. The van der Waals surface area contributed by atoms with Gasteiger partial charge in [0.2, 0.25) is 0 Å². The number of carboxylic acid groups (broad SMARTS) is 1. The number of aliphatic carboxylic acids is 1. The Kier molecular flexibility index (Phi) is 4.22. The number of sulfone groups is 1. The topological polar surface area (TPSA) is 95.0 Å². The molecule has 2 amide bonds. The Hall–Kier alpha value is -1.31. The van der Waals surface area contributed by atoms with Gasteiger partial charge in [-0.3, -0.25) is 4.79 Å². The minimum Gasteiger partial charge on any atom is -0.480 e. The quantitative estimate of drug-likeness (QED) is 0.793. The third-order valence-corrected chi connectivity index (χ3v) is 5.65.